The van der Waals surface area contributed by atoms with E-state index in [0.29, 0.717) is 0 Å². The molecule has 1 aromatic heterocycles. The van der Waals surface area contributed by atoms with Crippen LogP contribution in [0.5, 0.6) is 0 Å². The van der Waals surface area contributed by atoms with Gasteiger partial charge in [0.1, 0.15) is 5.69 Å². The lowest BCUT2D eigenvalue weighted by Crippen LogP contribution is -2.16. The van der Waals surface area contributed by atoms with Crippen LogP contribution in [0.1, 0.15) is 11.3 Å². The van der Waals surface area contributed by atoms with E-state index in [1.54, 1.807) is 0 Å². The van der Waals surface area contributed by atoms with Gasteiger partial charge in [0.25, 0.3) is 0 Å². The van der Waals surface area contributed by atoms with Gasteiger partial charge in [0, 0.05) is 0 Å². The van der Waals surface area contributed by atoms with Crippen LogP contribution in [0.15, 0.2) is 6.20 Å². The van der Waals surface area contributed by atoms with Crippen LogP contribution in [0.25, 0.3) is 0 Å². The Morgan fingerprint density at radius 3 is 1.86 bits per heavy atom. The average Bonchev–Trinajstić information content (AvgIpc) is 2.01. The van der Waals surface area contributed by atoms with Crippen LogP contribution in [-0.2, 0) is 7.59 Å². The largest absolute Gasteiger partial charge is 0.234 e. The Balaban J connectivity index is 3.31. The zero-order chi connectivity index (χ0) is 11.0. The molecule has 14 heavy (non-hydrogen) atoms. The number of halogens is 6. The van der Waals surface area contributed by atoms with Gasteiger partial charge in [-0.05, 0) is 5.21 Å². The van der Waals surface area contributed by atoms with Gasteiger partial charge < -0.3 is 0 Å². The normalized spacial score (nSPS) is 13.0. The SMILES string of the molecule is ClC(Cl)(Cl)c1cnnnc1C(Cl)(Cl)Cl. The minimum absolute atomic E-state index is 0.0579. The molecule has 9 heteroatoms. The molecule has 0 fully saturated rings. The summed E-state index contributed by atoms with van der Waals surface area (Å²) in [7, 11) is 0. The minimum atomic E-state index is -1.81. The van der Waals surface area contributed by atoms with Crippen LogP contribution in [0.3, 0.4) is 0 Å². The monoisotopic (exact) mass is 313 g/mol. The Morgan fingerprint density at radius 1 is 0.929 bits per heavy atom. The number of rotatable bonds is 0. The van der Waals surface area contributed by atoms with E-state index in [1.165, 1.54) is 6.20 Å². The minimum Gasteiger partial charge on any atom is -0.138 e. The first kappa shape index (κ1) is 12.8. The third-order valence-corrected chi connectivity index (χ3v) is 2.36. The summed E-state index contributed by atoms with van der Waals surface area (Å²) in [6, 6.07) is 0. The summed E-state index contributed by atoms with van der Waals surface area (Å²) in [5, 5.41) is 10.2. The van der Waals surface area contributed by atoms with Crippen LogP contribution >= 0.6 is 69.6 Å². The Morgan fingerprint density at radius 2 is 1.50 bits per heavy atom. The molecule has 0 aliphatic carbocycles. The zero-order valence-corrected chi connectivity index (χ0v) is 10.7. The number of hydrogen-bond acceptors (Lipinski definition) is 3. The predicted molar refractivity (Wildman–Crippen MR) is 58.3 cm³/mol. The molecule has 0 amide bonds. The predicted octanol–water partition coefficient (Wildman–Crippen LogP) is 3.53. The summed E-state index contributed by atoms with van der Waals surface area (Å²) in [6.07, 6.45) is 1.18. The van der Waals surface area contributed by atoms with Crippen molar-refractivity contribution in [1.82, 2.24) is 15.4 Å². The molecule has 0 unspecified atom stereocenters. The highest BCUT2D eigenvalue weighted by molar-refractivity contribution is 6.68. The molecule has 0 aliphatic rings. The molecule has 0 saturated heterocycles. The maximum Gasteiger partial charge on any atom is 0.234 e. The van der Waals surface area contributed by atoms with Gasteiger partial charge in [-0.2, -0.15) is 0 Å². The molecule has 78 valence electrons. The molecular formula is C5HCl6N3. The number of alkyl halides is 6. The third-order valence-electron chi connectivity index (χ3n) is 1.21. The van der Waals surface area contributed by atoms with E-state index < -0.39 is 7.59 Å². The molecular weight excluding hydrogens is 315 g/mol. The van der Waals surface area contributed by atoms with E-state index in [9.17, 15) is 0 Å². The van der Waals surface area contributed by atoms with Gasteiger partial charge in [-0.25, -0.2) is 0 Å². The van der Waals surface area contributed by atoms with Crippen LogP contribution in [-0.4, -0.2) is 15.4 Å². The molecule has 0 saturated carbocycles. The molecule has 0 spiro atoms. The fraction of sp³-hybridized carbons (Fsp3) is 0.400. The summed E-state index contributed by atoms with van der Waals surface area (Å²) < 4.78 is -3.57. The van der Waals surface area contributed by atoms with E-state index in [1.807, 2.05) is 0 Å². The fourth-order valence-electron chi connectivity index (χ4n) is 0.686. The lowest BCUT2D eigenvalue weighted by molar-refractivity contribution is 0.794. The van der Waals surface area contributed by atoms with Crippen molar-refractivity contribution in [1.29, 1.82) is 0 Å². The van der Waals surface area contributed by atoms with Crippen molar-refractivity contribution in [3.63, 3.8) is 0 Å². The highest BCUT2D eigenvalue weighted by Crippen LogP contribution is 2.46. The van der Waals surface area contributed by atoms with Crippen molar-refractivity contribution in [2.24, 2.45) is 0 Å². The van der Waals surface area contributed by atoms with E-state index >= 15 is 0 Å². The van der Waals surface area contributed by atoms with Gasteiger partial charge >= 0.3 is 0 Å². The molecule has 0 aliphatic heterocycles. The zero-order valence-electron chi connectivity index (χ0n) is 6.19. The van der Waals surface area contributed by atoms with E-state index in [2.05, 4.69) is 15.4 Å². The molecule has 3 nitrogen and oxygen atoms in total. The first-order chi connectivity index (χ1) is 6.23. The molecule has 1 heterocycles. The van der Waals surface area contributed by atoms with Crippen LogP contribution in [0.2, 0.25) is 0 Å². The quantitative estimate of drug-likeness (QED) is 0.688. The summed E-state index contributed by atoms with van der Waals surface area (Å²) in [4.78, 5) is 0. The smallest absolute Gasteiger partial charge is 0.138 e. The van der Waals surface area contributed by atoms with E-state index in [0.717, 1.165) is 0 Å². The highest BCUT2D eigenvalue weighted by atomic mass is 35.6. The van der Waals surface area contributed by atoms with E-state index in [-0.39, 0.29) is 11.3 Å². The molecule has 1 rings (SSSR count). The number of nitrogens with zero attached hydrogens (tertiary/aromatic N) is 3. The maximum atomic E-state index is 5.62. The number of aromatic nitrogens is 3. The van der Waals surface area contributed by atoms with Crippen molar-refractivity contribution >= 4 is 69.6 Å². The molecule has 0 aromatic carbocycles. The van der Waals surface area contributed by atoms with Crippen LogP contribution in [0.4, 0.5) is 0 Å². The Labute approximate surface area is 110 Å². The summed E-state index contributed by atoms with van der Waals surface area (Å²) >= 11 is 33.6. The van der Waals surface area contributed by atoms with Gasteiger partial charge in [0.2, 0.25) is 7.59 Å². The average molecular weight is 316 g/mol. The molecule has 0 atom stereocenters. The van der Waals surface area contributed by atoms with Gasteiger partial charge in [0.15, 0.2) is 0 Å². The summed E-state index contributed by atoms with van der Waals surface area (Å²) in [6.45, 7) is 0. The molecule has 0 bridgehead atoms. The van der Waals surface area contributed by atoms with Gasteiger partial charge in [-0.3, -0.25) is 0 Å². The standard InChI is InChI=1S/C5HCl6N3/c6-4(7,8)2-1-12-14-13-3(2)5(9,10)11/h1H. The Kier molecular flexibility index (Phi) is 3.95. The first-order valence-corrected chi connectivity index (χ1v) is 5.32. The molecule has 0 N–H and O–H groups in total. The van der Waals surface area contributed by atoms with Gasteiger partial charge in [0.05, 0.1) is 11.8 Å². The highest BCUT2D eigenvalue weighted by Gasteiger charge is 2.36. The Hall–Kier alpha value is 0.750. The molecule has 1 aromatic rings. The molecule has 0 radical (unpaired) electrons. The maximum absolute atomic E-state index is 5.62. The second kappa shape index (κ2) is 4.32. The van der Waals surface area contributed by atoms with Crippen molar-refractivity contribution in [2.45, 2.75) is 7.59 Å². The van der Waals surface area contributed by atoms with Crippen LogP contribution in [0, 0.1) is 0 Å². The van der Waals surface area contributed by atoms with Gasteiger partial charge in [-0.15, -0.1) is 10.2 Å². The van der Waals surface area contributed by atoms with Crippen molar-refractivity contribution in [3.8, 4) is 0 Å². The van der Waals surface area contributed by atoms with Crippen LogP contribution < -0.4 is 0 Å². The topological polar surface area (TPSA) is 38.7 Å². The van der Waals surface area contributed by atoms with Crippen molar-refractivity contribution in [2.75, 3.05) is 0 Å². The second-order valence-electron chi connectivity index (χ2n) is 2.19. The van der Waals surface area contributed by atoms with Gasteiger partial charge in [-0.1, -0.05) is 69.6 Å². The van der Waals surface area contributed by atoms with Crippen molar-refractivity contribution in [3.05, 3.63) is 17.5 Å². The van der Waals surface area contributed by atoms with E-state index in [4.69, 9.17) is 69.6 Å². The fourth-order valence-corrected chi connectivity index (χ4v) is 1.52. The van der Waals surface area contributed by atoms with Crippen molar-refractivity contribution < 1.29 is 0 Å². The summed E-state index contributed by atoms with van der Waals surface area (Å²) in [5.74, 6) is 0. The third kappa shape index (κ3) is 3.12. The lowest BCUT2D eigenvalue weighted by Gasteiger charge is -2.17. The number of hydrogen-bond donors (Lipinski definition) is 0. The Bertz CT molecular complexity index is 296. The second-order valence-corrected chi connectivity index (χ2v) is 6.75. The first-order valence-electron chi connectivity index (χ1n) is 3.05. The lowest BCUT2D eigenvalue weighted by atomic mass is 10.3. The summed E-state index contributed by atoms with van der Waals surface area (Å²) in [5.41, 5.74) is 0.0231.